The molecule has 2 aromatic rings. The molecule has 1 aromatic heterocycles. The summed E-state index contributed by atoms with van der Waals surface area (Å²) in [5.74, 6) is 0.433. The van der Waals surface area contributed by atoms with E-state index in [-0.39, 0.29) is 6.03 Å². The number of nitrogens with zero attached hydrogens (tertiary/aromatic N) is 3. The van der Waals surface area contributed by atoms with Crippen molar-refractivity contribution >= 4 is 11.7 Å². The second kappa shape index (κ2) is 6.95. The minimum absolute atomic E-state index is 0.0746. The summed E-state index contributed by atoms with van der Waals surface area (Å²) < 4.78 is 0. The lowest BCUT2D eigenvalue weighted by Gasteiger charge is -2.32. The van der Waals surface area contributed by atoms with Gasteiger partial charge in [-0.05, 0) is 79.7 Å². The van der Waals surface area contributed by atoms with Gasteiger partial charge >= 0.3 is 6.03 Å². The van der Waals surface area contributed by atoms with E-state index in [1.165, 1.54) is 35.1 Å². The minimum atomic E-state index is 0.0746. The Balaban J connectivity index is 1.30. The van der Waals surface area contributed by atoms with Gasteiger partial charge in [0.1, 0.15) is 6.33 Å². The molecule has 1 aliphatic heterocycles. The maximum Gasteiger partial charge on any atom is 0.321 e. The molecule has 0 saturated carbocycles. The number of hydrogen-bond donors (Lipinski definition) is 1. The van der Waals surface area contributed by atoms with Crippen molar-refractivity contribution in [3.63, 3.8) is 0 Å². The van der Waals surface area contributed by atoms with Crippen molar-refractivity contribution in [3.8, 4) is 0 Å². The third kappa shape index (κ3) is 3.09. The summed E-state index contributed by atoms with van der Waals surface area (Å²) in [7, 11) is 0. The predicted molar refractivity (Wildman–Crippen MR) is 105 cm³/mol. The minimum Gasteiger partial charge on any atom is -0.324 e. The van der Waals surface area contributed by atoms with Crippen LogP contribution in [0.2, 0.25) is 0 Å². The van der Waals surface area contributed by atoms with Gasteiger partial charge in [-0.2, -0.15) is 0 Å². The summed E-state index contributed by atoms with van der Waals surface area (Å²) in [4.78, 5) is 23.4. The molecule has 1 aromatic carbocycles. The van der Waals surface area contributed by atoms with Crippen LogP contribution in [0.5, 0.6) is 0 Å². The first-order valence-electron chi connectivity index (χ1n) is 10.3. The first-order valence-corrected chi connectivity index (χ1v) is 10.3. The van der Waals surface area contributed by atoms with Crippen LogP contribution in [0.3, 0.4) is 0 Å². The number of rotatable bonds is 2. The molecule has 1 saturated heterocycles. The van der Waals surface area contributed by atoms with E-state index in [0.717, 1.165) is 63.0 Å². The summed E-state index contributed by atoms with van der Waals surface area (Å²) in [6, 6.07) is 4.48. The number of amides is 2. The molecule has 0 unspecified atom stereocenters. The van der Waals surface area contributed by atoms with Crippen molar-refractivity contribution in [3.05, 3.63) is 52.6 Å². The third-order valence-electron chi connectivity index (χ3n) is 6.51. The van der Waals surface area contributed by atoms with Gasteiger partial charge in [-0.1, -0.05) is 6.07 Å². The van der Waals surface area contributed by atoms with Crippen LogP contribution in [0, 0.1) is 0 Å². The lowest BCUT2D eigenvalue weighted by Crippen LogP contribution is -2.41. The van der Waals surface area contributed by atoms with Crippen LogP contribution in [0.4, 0.5) is 10.5 Å². The van der Waals surface area contributed by atoms with Crippen molar-refractivity contribution in [2.45, 2.75) is 57.3 Å². The van der Waals surface area contributed by atoms with Crippen molar-refractivity contribution in [1.29, 1.82) is 0 Å². The molecular formula is C22H26N4O. The fourth-order valence-corrected chi connectivity index (χ4v) is 5.07. The number of carbonyl (C=O) groups is 1. The van der Waals surface area contributed by atoms with Crippen molar-refractivity contribution in [2.24, 2.45) is 0 Å². The average molecular weight is 362 g/mol. The number of hydrogen-bond acceptors (Lipinski definition) is 3. The van der Waals surface area contributed by atoms with Crippen LogP contribution in [-0.4, -0.2) is 34.0 Å². The number of aromatic nitrogens is 2. The number of likely N-dealkylation sites (tertiary alicyclic amines) is 1. The standard InChI is InChI=1S/C22H26N4O/c27-22(26-11-8-15(9-12-26)20-7-10-23-14-24-20)25-21-18-5-1-3-16(18)13-17-4-2-6-19(17)21/h7,10,13-15H,1-6,8-9,11-12H2,(H,25,27). The van der Waals surface area contributed by atoms with Crippen LogP contribution >= 0.6 is 0 Å². The summed E-state index contributed by atoms with van der Waals surface area (Å²) in [5.41, 5.74) is 7.99. The van der Waals surface area contributed by atoms with Crippen molar-refractivity contribution in [2.75, 3.05) is 18.4 Å². The highest BCUT2D eigenvalue weighted by molar-refractivity contribution is 5.92. The monoisotopic (exact) mass is 362 g/mol. The fourth-order valence-electron chi connectivity index (χ4n) is 5.07. The summed E-state index contributed by atoms with van der Waals surface area (Å²) in [6.07, 6.45) is 12.3. The predicted octanol–water partition coefficient (Wildman–Crippen LogP) is 3.87. The van der Waals surface area contributed by atoms with Crippen molar-refractivity contribution in [1.82, 2.24) is 14.9 Å². The highest BCUT2D eigenvalue weighted by atomic mass is 16.2. The van der Waals surface area contributed by atoms with E-state index in [2.05, 4.69) is 21.4 Å². The average Bonchev–Trinajstić information content (AvgIpc) is 3.38. The third-order valence-corrected chi connectivity index (χ3v) is 6.51. The maximum absolute atomic E-state index is 13.0. The van der Waals surface area contributed by atoms with Gasteiger partial charge in [-0.3, -0.25) is 0 Å². The molecular weight excluding hydrogens is 336 g/mol. The number of aryl methyl sites for hydroxylation is 2. The highest BCUT2D eigenvalue weighted by Crippen LogP contribution is 2.39. The molecule has 0 spiro atoms. The lowest BCUT2D eigenvalue weighted by molar-refractivity contribution is 0.194. The number of nitrogens with one attached hydrogen (secondary N) is 1. The number of urea groups is 1. The van der Waals surface area contributed by atoms with Gasteiger partial charge in [0.05, 0.1) is 0 Å². The Kier molecular flexibility index (Phi) is 4.30. The highest BCUT2D eigenvalue weighted by Gasteiger charge is 2.28. The van der Waals surface area contributed by atoms with Gasteiger partial charge in [0.2, 0.25) is 0 Å². The Morgan fingerprint density at radius 2 is 1.74 bits per heavy atom. The molecule has 2 heterocycles. The molecule has 140 valence electrons. The lowest BCUT2D eigenvalue weighted by atomic mass is 9.93. The number of piperidine rings is 1. The Labute approximate surface area is 160 Å². The molecule has 2 aliphatic carbocycles. The van der Waals surface area contributed by atoms with Crippen LogP contribution in [0.25, 0.3) is 0 Å². The second-order valence-electron chi connectivity index (χ2n) is 8.06. The quantitative estimate of drug-likeness (QED) is 0.882. The molecule has 0 bridgehead atoms. The number of anilines is 1. The van der Waals surface area contributed by atoms with Crippen LogP contribution < -0.4 is 5.32 Å². The zero-order chi connectivity index (χ0) is 18.2. The van der Waals surface area contributed by atoms with Crippen molar-refractivity contribution < 1.29 is 4.79 Å². The summed E-state index contributed by atoms with van der Waals surface area (Å²) >= 11 is 0. The molecule has 0 atom stereocenters. The Morgan fingerprint density at radius 1 is 1.04 bits per heavy atom. The molecule has 2 amide bonds. The van der Waals surface area contributed by atoms with E-state index in [1.807, 2.05) is 11.0 Å². The number of fused-ring (bicyclic) bond motifs is 2. The van der Waals surface area contributed by atoms with E-state index >= 15 is 0 Å². The molecule has 5 nitrogen and oxygen atoms in total. The Bertz CT molecular complexity index is 824. The largest absolute Gasteiger partial charge is 0.324 e. The zero-order valence-electron chi connectivity index (χ0n) is 15.7. The molecule has 5 rings (SSSR count). The van der Waals surface area contributed by atoms with Gasteiger partial charge < -0.3 is 10.2 Å². The van der Waals surface area contributed by atoms with E-state index in [4.69, 9.17) is 0 Å². The molecule has 0 radical (unpaired) electrons. The number of benzene rings is 1. The van der Waals surface area contributed by atoms with Gasteiger partial charge in [-0.25, -0.2) is 14.8 Å². The van der Waals surface area contributed by atoms with Crippen LogP contribution in [0.1, 0.15) is 59.5 Å². The molecule has 3 aliphatic rings. The Hall–Kier alpha value is -2.43. The van der Waals surface area contributed by atoms with E-state index in [1.54, 1.807) is 12.5 Å². The molecule has 5 heteroatoms. The van der Waals surface area contributed by atoms with Gasteiger partial charge in [0.15, 0.2) is 0 Å². The van der Waals surface area contributed by atoms with Crippen LogP contribution in [0.15, 0.2) is 24.7 Å². The molecule has 1 fully saturated rings. The van der Waals surface area contributed by atoms with E-state index in [0.29, 0.717) is 5.92 Å². The maximum atomic E-state index is 13.0. The van der Waals surface area contributed by atoms with Gasteiger partial charge in [0, 0.05) is 36.6 Å². The zero-order valence-corrected chi connectivity index (χ0v) is 15.7. The number of carbonyl (C=O) groups excluding carboxylic acids is 1. The van der Waals surface area contributed by atoms with Crippen LogP contribution in [-0.2, 0) is 25.7 Å². The summed E-state index contributed by atoms with van der Waals surface area (Å²) in [5, 5.41) is 3.33. The topological polar surface area (TPSA) is 58.1 Å². The Morgan fingerprint density at radius 3 is 2.37 bits per heavy atom. The fraction of sp³-hybridized carbons (Fsp3) is 0.500. The summed E-state index contributed by atoms with van der Waals surface area (Å²) in [6.45, 7) is 1.58. The molecule has 1 N–H and O–H groups in total. The first-order chi connectivity index (χ1) is 13.3. The van der Waals surface area contributed by atoms with E-state index < -0.39 is 0 Å². The second-order valence-corrected chi connectivity index (χ2v) is 8.06. The smallest absolute Gasteiger partial charge is 0.321 e. The van der Waals surface area contributed by atoms with Gasteiger partial charge in [-0.15, -0.1) is 0 Å². The van der Waals surface area contributed by atoms with Gasteiger partial charge in [0.25, 0.3) is 0 Å². The first kappa shape index (κ1) is 16.7. The van der Waals surface area contributed by atoms with E-state index in [9.17, 15) is 4.79 Å². The molecule has 27 heavy (non-hydrogen) atoms. The SMILES string of the molecule is O=C(Nc1c2c(cc3c1CCC3)CCC2)N1CCC(c2ccncn2)CC1. The normalized spacial score (nSPS) is 19.0.